The Morgan fingerprint density at radius 2 is 1.72 bits per heavy atom. The lowest BCUT2D eigenvalue weighted by molar-refractivity contribution is -0.140. The van der Waals surface area contributed by atoms with Gasteiger partial charge in [0.05, 0.1) is 32.4 Å². The SMILES string of the molecule is COc1ccc([C@@H]2/C(=C(\O)c3ccc(Cl)cc3)C(=O)C(=O)N2CCO)cc1OC. The summed E-state index contributed by atoms with van der Waals surface area (Å²) in [4.78, 5) is 26.6. The maximum Gasteiger partial charge on any atom is 0.295 e. The number of ketones is 1. The predicted octanol–water partition coefficient (Wildman–Crippen LogP) is 2.77. The molecule has 1 aliphatic heterocycles. The Morgan fingerprint density at radius 1 is 1.07 bits per heavy atom. The summed E-state index contributed by atoms with van der Waals surface area (Å²) in [7, 11) is 2.97. The summed E-state index contributed by atoms with van der Waals surface area (Å²) in [5.41, 5.74) is 0.811. The monoisotopic (exact) mass is 417 g/mol. The Morgan fingerprint density at radius 3 is 2.31 bits per heavy atom. The molecule has 1 fully saturated rings. The molecule has 2 aromatic rings. The maximum absolute atomic E-state index is 12.8. The molecule has 7 nitrogen and oxygen atoms in total. The van der Waals surface area contributed by atoms with E-state index in [9.17, 15) is 19.8 Å². The number of Topliss-reactive ketones (excluding diaryl/α,β-unsaturated/α-hetero) is 1. The van der Waals surface area contributed by atoms with Crippen molar-refractivity contribution >= 4 is 29.1 Å². The van der Waals surface area contributed by atoms with Crippen molar-refractivity contribution in [3.8, 4) is 11.5 Å². The molecule has 1 aliphatic rings. The van der Waals surface area contributed by atoms with E-state index in [4.69, 9.17) is 21.1 Å². The highest BCUT2D eigenvalue weighted by molar-refractivity contribution is 6.46. The van der Waals surface area contributed by atoms with Crippen molar-refractivity contribution in [2.45, 2.75) is 6.04 Å². The number of rotatable bonds is 6. The van der Waals surface area contributed by atoms with Crippen molar-refractivity contribution in [3.63, 3.8) is 0 Å². The summed E-state index contributed by atoms with van der Waals surface area (Å²) in [6.45, 7) is -0.404. The van der Waals surface area contributed by atoms with Gasteiger partial charge in [0.15, 0.2) is 11.5 Å². The van der Waals surface area contributed by atoms with Crippen LogP contribution in [0.2, 0.25) is 5.02 Å². The van der Waals surface area contributed by atoms with Gasteiger partial charge in [-0.2, -0.15) is 0 Å². The van der Waals surface area contributed by atoms with Gasteiger partial charge in [-0.05, 0) is 42.0 Å². The number of ether oxygens (including phenoxy) is 2. The van der Waals surface area contributed by atoms with E-state index in [-0.39, 0.29) is 24.5 Å². The molecule has 3 rings (SSSR count). The third-order valence-electron chi connectivity index (χ3n) is 4.72. The number of halogens is 1. The van der Waals surface area contributed by atoms with Gasteiger partial charge in [-0.1, -0.05) is 17.7 Å². The summed E-state index contributed by atoms with van der Waals surface area (Å²) in [5, 5.41) is 20.7. The van der Waals surface area contributed by atoms with E-state index >= 15 is 0 Å². The van der Waals surface area contributed by atoms with Crippen molar-refractivity contribution < 1.29 is 29.3 Å². The van der Waals surface area contributed by atoms with E-state index in [0.717, 1.165) is 0 Å². The van der Waals surface area contributed by atoms with Crippen LogP contribution in [0.1, 0.15) is 17.2 Å². The number of hydrogen-bond donors (Lipinski definition) is 2. The average Bonchev–Trinajstić information content (AvgIpc) is 2.98. The lowest BCUT2D eigenvalue weighted by atomic mass is 9.95. The summed E-state index contributed by atoms with van der Waals surface area (Å²) in [6.07, 6.45) is 0. The topological polar surface area (TPSA) is 96.3 Å². The molecule has 2 aromatic carbocycles. The van der Waals surface area contributed by atoms with Crippen LogP contribution in [0.3, 0.4) is 0 Å². The molecule has 1 amide bonds. The number of carbonyl (C=O) groups is 2. The van der Waals surface area contributed by atoms with E-state index in [1.54, 1.807) is 42.5 Å². The number of β-amino-alcohol motifs (C(OH)–C–C–N with tert-alkyl or cyclic N) is 1. The summed E-state index contributed by atoms with van der Waals surface area (Å²) < 4.78 is 10.6. The lowest BCUT2D eigenvalue weighted by Gasteiger charge is -2.25. The zero-order chi connectivity index (χ0) is 21.1. The smallest absolute Gasteiger partial charge is 0.295 e. The van der Waals surface area contributed by atoms with Crippen LogP contribution in [-0.2, 0) is 9.59 Å². The fourth-order valence-corrected chi connectivity index (χ4v) is 3.48. The number of benzene rings is 2. The Hall–Kier alpha value is -3.03. The first-order valence-electron chi connectivity index (χ1n) is 8.80. The Labute approximate surface area is 172 Å². The van der Waals surface area contributed by atoms with Crippen LogP contribution in [0, 0.1) is 0 Å². The standard InChI is InChI=1S/C21H20ClNO6/c1-28-15-8-5-13(11-16(15)29-2)18-17(20(26)21(27)23(18)9-10-24)19(25)12-3-6-14(22)7-4-12/h3-8,11,18,24-25H,9-10H2,1-2H3/b19-17+/t18-/m1/s1. The number of likely N-dealkylation sites (tertiary alicyclic amines) is 1. The molecule has 0 radical (unpaired) electrons. The Kier molecular flexibility index (Phi) is 6.10. The average molecular weight is 418 g/mol. The largest absolute Gasteiger partial charge is 0.507 e. The van der Waals surface area contributed by atoms with Crippen molar-refractivity contribution in [3.05, 3.63) is 64.2 Å². The van der Waals surface area contributed by atoms with E-state index in [1.165, 1.54) is 19.1 Å². The van der Waals surface area contributed by atoms with Crippen molar-refractivity contribution in [1.29, 1.82) is 0 Å². The fraction of sp³-hybridized carbons (Fsp3) is 0.238. The first kappa shape index (κ1) is 20.7. The van der Waals surface area contributed by atoms with Crippen LogP contribution in [0.25, 0.3) is 5.76 Å². The quantitative estimate of drug-likeness (QED) is 0.426. The van der Waals surface area contributed by atoms with E-state index < -0.39 is 17.7 Å². The van der Waals surface area contributed by atoms with Crippen LogP contribution in [-0.4, -0.2) is 54.2 Å². The number of hydrogen-bond acceptors (Lipinski definition) is 6. The minimum Gasteiger partial charge on any atom is -0.507 e. The van der Waals surface area contributed by atoms with Gasteiger partial charge < -0.3 is 24.6 Å². The highest BCUT2D eigenvalue weighted by Crippen LogP contribution is 2.41. The molecule has 0 spiro atoms. The molecule has 152 valence electrons. The van der Waals surface area contributed by atoms with Crippen molar-refractivity contribution in [2.75, 3.05) is 27.4 Å². The van der Waals surface area contributed by atoms with Gasteiger partial charge in [-0.3, -0.25) is 9.59 Å². The van der Waals surface area contributed by atoms with Crippen LogP contribution in [0.5, 0.6) is 11.5 Å². The van der Waals surface area contributed by atoms with E-state index in [0.29, 0.717) is 27.6 Å². The molecule has 2 N–H and O–H groups in total. The highest BCUT2D eigenvalue weighted by Gasteiger charge is 2.46. The number of aliphatic hydroxyl groups is 2. The molecule has 1 saturated heterocycles. The highest BCUT2D eigenvalue weighted by atomic mass is 35.5. The lowest BCUT2D eigenvalue weighted by Crippen LogP contribution is -2.32. The number of aliphatic hydroxyl groups excluding tert-OH is 2. The number of methoxy groups -OCH3 is 2. The van der Waals surface area contributed by atoms with Gasteiger partial charge in [0.1, 0.15) is 5.76 Å². The first-order chi connectivity index (χ1) is 13.9. The van der Waals surface area contributed by atoms with Gasteiger partial charge in [-0.15, -0.1) is 0 Å². The van der Waals surface area contributed by atoms with E-state index in [2.05, 4.69) is 0 Å². The number of carbonyl (C=O) groups excluding carboxylic acids is 2. The molecule has 0 unspecified atom stereocenters. The molecule has 0 bridgehead atoms. The Bertz CT molecular complexity index is 970. The molecule has 8 heteroatoms. The third-order valence-corrected chi connectivity index (χ3v) is 4.97. The fourth-order valence-electron chi connectivity index (χ4n) is 3.35. The summed E-state index contributed by atoms with van der Waals surface area (Å²) in [6, 6.07) is 10.3. The molecule has 1 atom stereocenters. The van der Waals surface area contributed by atoms with Gasteiger partial charge in [0, 0.05) is 17.1 Å². The van der Waals surface area contributed by atoms with Gasteiger partial charge in [-0.25, -0.2) is 0 Å². The number of amides is 1. The molecular formula is C21H20ClNO6. The molecule has 1 heterocycles. The van der Waals surface area contributed by atoms with Crippen LogP contribution in [0.15, 0.2) is 48.0 Å². The second kappa shape index (κ2) is 8.55. The van der Waals surface area contributed by atoms with Crippen molar-refractivity contribution in [2.24, 2.45) is 0 Å². The van der Waals surface area contributed by atoms with E-state index in [1.807, 2.05) is 0 Å². The normalized spacial score (nSPS) is 18.2. The summed E-state index contributed by atoms with van der Waals surface area (Å²) in [5.74, 6) is -1.06. The number of nitrogens with zero attached hydrogens (tertiary/aromatic N) is 1. The van der Waals surface area contributed by atoms with Crippen LogP contribution in [0.4, 0.5) is 0 Å². The van der Waals surface area contributed by atoms with Gasteiger partial charge in [0.2, 0.25) is 0 Å². The molecule has 29 heavy (non-hydrogen) atoms. The minimum atomic E-state index is -0.891. The second-order valence-electron chi connectivity index (χ2n) is 6.34. The van der Waals surface area contributed by atoms with Gasteiger partial charge >= 0.3 is 0 Å². The maximum atomic E-state index is 12.8. The zero-order valence-corrected chi connectivity index (χ0v) is 16.6. The first-order valence-corrected chi connectivity index (χ1v) is 9.17. The molecule has 0 aliphatic carbocycles. The minimum absolute atomic E-state index is 0.0685. The predicted molar refractivity (Wildman–Crippen MR) is 107 cm³/mol. The van der Waals surface area contributed by atoms with Crippen LogP contribution < -0.4 is 9.47 Å². The molecular weight excluding hydrogens is 398 g/mol. The second-order valence-corrected chi connectivity index (χ2v) is 6.77. The third kappa shape index (κ3) is 3.79. The van der Waals surface area contributed by atoms with Crippen molar-refractivity contribution in [1.82, 2.24) is 4.90 Å². The van der Waals surface area contributed by atoms with Crippen LogP contribution >= 0.6 is 11.6 Å². The Balaban J connectivity index is 2.20. The molecule has 0 saturated carbocycles. The molecule has 0 aromatic heterocycles. The summed E-state index contributed by atoms with van der Waals surface area (Å²) >= 11 is 5.90. The zero-order valence-electron chi connectivity index (χ0n) is 15.9. The van der Waals surface area contributed by atoms with Gasteiger partial charge in [0.25, 0.3) is 11.7 Å².